The molecule has 0 bridgehead atoms. The van der Waals surface area contributed by atoms with Crippen LogP contribution >= 0.6 is 15.9 Å². The summed E-state index contributed by atoms with van der Waals surface area (Å²) < 4.78 is 0.742. The van der Waals surface area contributed by atoms with Crippen LogP contribution < -0.4 is 5.32 Å². The molecule has 2 aromatic rings. The number of nitro benzene ring substituents is 1. The van der Waals surface area contributed by atoms with E-state index in [0.29, 0.717) is 11.3 Å². The fourth-order valence-electron chi connectivity index (χ4n) is 1.75. The van der Waals surface area contributed by atoms with E-state index in [1.807, 2.05) is 6.07 Å². The molecule has 0 unspecified atom stereocenters. The number of hydrogen-bond donors (Lipinski definition) is 2. The van der Waals surface area contributed by atoms with Crippen molar-refractivity contribution in [2.24, 2.45) is 0 Å². The van der Waals surface area contributed by atoms with E-state index in [4.69, 9.17) is 0 Å². The number of rotatable bonds is 4. The van der Waals surface area contributed by atoms with Gasteiger partial charge in [-0.2, -0.15) is 0 Å². The third-order valence-electron chi connectivity index (χ3n) is 2.78. The van der Waals surface area contributed by atoms with Crippen LogP contribution in [0, 0.1) is 10.1 Å². The number of phenolic OH excluding ortho intramolecular Hbond substituents is 1. The van der Waals surface area contributed by atoms with Crippen LogP contribution in [0.15, 0.2) is 46.9 Å². The Morgan fingerprint density at radius 1 is 1.29 bits per heavy atom. The molecule has 0 aliphatic rings. The first-order chi connectivity index (χ1) is 9.97. The molecule has 0 atom stereocenters. The van der Waals surface area contributed by atoms with Crippen LogP contribution in [0.5, 0.6) is 5.75 Å². The highest BCUT2D eigenvalue weighted by Crippen LogP contribution is 2.25. The Bertz CT molecular complexity index is 703. The summed E-state index contributed by atoms with van der Waals surface area (Å²) in [6.07, 6.45) is -0.0782. The first-order valence-electron chi connectivity index (χ1n) is 5.98. The molecule has 2 N–H and O–H groups in total. The number of para-hydroxylation sites is 1. The van der Waals surface area contributed by atoms with Gasteiger partial charge in [0.1, 0.15) is 5.75 Å². The predicted octanol–water partition coefficient (Wildman–Crippen LogP) is 3.24. The summed E-state index contributed by atoms with van der Waals surface area (Å²) in [5.41, 5.74) is 0.719. The van der Waals surface area contributed by atoms with Crippen LogP contribution in [0.4, 0.5) is 11.4 Å². The molecule has 0 aliphatic carbocycles. The first-order valence-corrected chi connectivity index (χ1v) is 6.77. The van der Waals surface area contributed by atoms with Crippen molar-refractivity contribution in [1.29, 1.82) is 0 Å². The van der Waals surface area contributed by atoms with Crippen molar-refractivity contribution in [2.45, 2.75) is 6.42 Å². The van der Waals surface area contributed by atoms with Crippen molar-refractivity contribution in [3.63, 3.8) is 0 Å². The minimum atomic E-state index is -0.606. The van der Waals surface area contributed by atoms with Gasteiger partial charge in [-0.1, -0.05) is 12.1 Å². The van der Waals surface area contributed by atoms with Crippen molar-refractivity contribution in [2.75, 3.05) is 5.32 Å². The molecular weight excluding hydrogens is 340 g/mol. The highest BCUT2D eigenvalue weighted by atomic mass is 79.9. The summed E-state index contributed by atoms with van der Waals surface area (Å²) in [6, 6.07) is 10.8. The number of amides is 1. The van der Waals surface area contributed by atoms with Gasteiger partial charge in [0.2, 0.25) is 5.91 Å². The van der Waals surface area contributed by atoms with Crippen LogP contribution in [0.3, 0.4) is 0 Å². The standard InChI is InChI=1S/C14H11BrN2O4/c15-11-3-1-2-4-12(11)16-14(19)7-9-5-6-10(17(20)21)8-13(9)18/h1-6,8,18H,7H2,(H,16,19). The minimum absolute atomic E-state index is 0.0782. The number of benzene rings is 2. The highest BCUT2D eigenvalue weighted by Gasteiger charge is 2.13. The molecule has 0 aromatic heterocycles. The molecule has 0 aliphatic heterocycles. The van der Waals surface area contributed by atoms with Gasteiger partial charge in [0, 0.05) is 16.1 Å². The lowest BCUT2D eigenvalue weighted by Crippen LogP contribution is -2.14. The number of halogens is 1. The molecule has 0 radical (unpaired) electrons. The highest BCUT2D eigenvalue weighted by molar-refractivity contribution is 9.10. The largest absolute Gasteiger partial charge is 0.507 e. The lowest BCUT2D eigenvalue weighted by molar-refractivity contribution is -0.384. The summed E-state index contributed by atoms with van der Waals surface area (Å²) in [5.74, 6) is -0.600. The molecule has 0 fully saturated rings. The number of nitro groups is 1. The first kappa shape index (κ1) is 15.0. The fraction of sp³-hybridized carbons (Fsp3) is 0.0714. The van der Waals surface area contributed by atoms with Gasteiger partial charge in [-0.15, -0.1) is 0 Å². The smallest absolute Gasteiger partial charge is 0.273 e. The second kappa shape index (κ2) is 6.36. The predicted molar refractivity (Wildman–Crippen MR) is 81.2 cm³/mol. The number of phenols is 1. The third-order valence-corrected chi connectivity index (χ3v) is 3.47. The number of hydrogen-bond acceptors (Lipinski definition) is 4. The summed E-state index contributed by atoms with van der Waals surface area (Å²) in [7, 11) is 0. The zero-order valence-electron chi connectivity index (χ0n) is 10.7. The molecule has 6 nitrogen and oxygen atoms in total. The molecule has 0 spiro atoms. The molecule has 0 saturated carbocycles. The normalized spacial score (nSPS) is 10.1. The molecular formula is C14H11BrN2O4. The third kappa shape index (κ3) is 3.79. The molecule has 7 heteroatoms. The van der Waals surface area contributed by atoms with E-state index in [1.165, 1.54) is 12.1 Å². The van der Waals surface area contributed by atoms with Gasteiger partial charge in [-0.3, -0.25) is 14.9 Å². The topological polar surface area (TPSA) is 92.5 Å². The molecule has 108 valence electrons. The van der Waals surface area contributed by atoms with E-state index in [2.05, 4.69) is 21.2 Å². The summed E-state index contributed by atoms with van der Waals surface area (Å²) in [5, 5.41) is 23.0. The summed E-state index contributed by atoms with van der Waals surface area (Å²) >= 11 is 3.31. The summed E-state index contributed by atoms with van der Waals surface area (Å²) in [6.45, 7) is 0. The van der Waals surface area contributed by atoms with Crippen LogP contribution in [-0.2, 0) is 11.2 Å². The number of carbonyl (C=O) groups is 1. The van der Waals surface area contributed by atoms with Gasteiger partial charge in [0.25, 0.3) is 5.69 Å². The summed E-state index contributed by atoms with van der Waals surface area (Å²) in [4.78, 5) is 21.9. The molecule has 21 heavy (non-hydrogen) atoms. The number of non-ortho nitro benzene ring substituents is 1. The Kier molecular flexibility index (Phi) is 4.54. The van der Waals surface area contributed by atoms with E-state index in [-0.39, 0.29) is 23.8 Å². The lowest BCUT2D eigenvalue weighted by Gasteiger charge is -2.08. The van der Waals surface area contributed by atoms with Gasteiger partial charge in [0.05, 0.1) is 23.1 Å². The average Bonchev–Trinajstić information content (AvgIpc) is 2.43. The zero-order valence-corrected chi connectivity index (χ0v) is 12.3. The van der Waals surface area contributed by atoms with Crippen LogP contribution in [0.2, 0.25) is 0 Å². The zero-order chi connectivity index (χ0) is 15.4. The van der Waals surface area contributed by atoms with Crippen molar-refractivity contribution in [1.82, 2.24) is 0 Å². The van der Waals surface area contributed by atoms with Gasteiger partial charge in [-0.05, 0) is 34.1 Å². The van der Waals surface area contributed by atoms with Crippen molar-refractivity contribution < 1.29 is 14.8 Å². The van der Waals surface area contributed by atoms with E-state index >= 15 is 0 Å². The molecule has 2 aromatic carbocycles. The van der Waals surface area contributed by atoms with E-state index in [9.17, 15) is 20.0 Å². The quantitative estimate of drug-likeness (QED) is 0.653. The number of nitrogens with one attached hydrogen (secondary N) is 1. The lowest BCUT2D eigenvalue weighted by atomic mass is 10.1. The van der Waals surface area contributed by atoms with Gasteiger partial charge in [0.15, 0.2) is 0 Å². The fourth-order valence-corrected chi connectivity index (χ4v) is 2.13. The van der Waals surface area contributed by atoms with Crippen LogP contribution in [0.25, 0.3) is 0 Å². The molecule has 2 rings (SSSR count). The molecule has 0 heterocycles. The van der Waals surface area contributed by atoms with Crippen LogP contribution in [-0.4, -0.2) is 15.9 Å². The Labute approximate surface area is 128 Å². The average molecular weight is 351 g/mol. The van der Waals surface area contributed by atoms with Crippen LogP contribution in [0.1, 0.15) is 5.56 Å². The Morgan fingerprint density at radius 3 is 2.62 bits per heavy atom. The molecule has 0 saturated heterocycles. The number of nitrogens with zero attached hydrogens (tertiary/aromatic N) is 1. The van der Waals surface area contributed by atoms with Crippen molar-refractivity contribution in [3.8, 4) is 5.75 Å². The minimum Gasteiger partial charge on any atom is -0.507 e. The van der Waals surface area contributed by atoms with Crippen molar-refractivity contribution >= 4 is 33.2 Å². The molecule has 1 amide bonds. The van der Waals surface area contributed by atoms with Gasteiger partial charge in [-0.25, -0.2) is 0 Å². The maximum atomic E-state index is 11.9. The maximum absolute atomic E-state index is 11.9. The maximum Gasteiger partial charge on any atom is 0.273 e. The van der Waals surface area contributed by atoms with Crippen molar-refractivity contribution in [3.05, 3.63) is 62.6 Å². The number of aromatic hydroxyl groups is 1. The Hall–Kier alpha value is -2.41. The second-order valence-corrected chi connectivity index (χ2v) is 5.13. The Morgan fingerprint density at radius 2 is 2.00 bits per heavy atom. The monoisotopic (exact) mass is 350 g/mol. The SMILES string of the molecule is O=C(Cc1ccc([N+](=O)[O-])cc1O)Nc1ccccc1Br. The second-order valence-electron chi connectivity index (χ2n) is 4.27. The number of carbonyl (C=O) groups excluding carboxylic acids is 1. The van der Waals surface area contributed by atoms with Gasteiger partial charge < -0.3 is 10.4 Å². The van der Waals surface area contributed by atoms with Gasteiger partial charge >= 0.3 is 0 Å². The Balaban J connectivity index is 2.10. The van der Waals surface area contributed by atoms with E-state index < -0.39 is 4.92 Å². The number of anilines is 1. The van der Waals surface area contributed by atoms with E-state index in [1.54, 1.807) is 18.2 Å². The van der Waals surface area contributed by atoms with E-state index in [0.717, 1.165) is 10.5 Å².